The lowest BCUT2D eigenvalue weighted by Gasteiger charge is -2.16. The van der Waals surface area contributed by atoms with Gasteiger partial charge < -0.3 is 9.84 Å². The third-order valence-electron chi connectivity index (χ3n) is 3.22. The predicted octanol–water partition coefficient (Wildman–Crippen LogP) is 3.37. The minimum absolute atomic E-state index is 0.135. The van der Waals surface area contributed by atoms with Gasteiger partial charge in [-0.3, -0.25) is 0 Å². The lowest BCUT2D eigenvalue weighted by Crippen LogP contribution is -2.24. The zero-order valence-corrected chi connectivity index (χ0v) is 10.6. The number of rotatable bonds is 2. The van der Waals surface area contributed by atoms with Crippen LogP contribution in [-0.2, 0) is 12.8 Å². The fourth-order valence-corrected chi connectivity index (χ4v) is 2.41. The molecule has 2 rings (SSSR count). The normalized spacial score (nSPS) is 17.0. The molecule has 1 aliphatic heterocycles. The predicted molar refractivity (Wildman–Crippen MR) is 65.2 cm³/mol. The molecule has 1 aromatic rings. The fourth-order valence-electron chi connectivity index (χ4n) is 2.41. The number of hydrogen-bond donors (Lipinski definition) is 1. The summed E-state index contributed by atoms with van der Waals surface area (Å²) in [5.74, 6) is 1.42. The molecule has 0 unspecified atom stereocenters. The SMILES string of the molecule is CCCc1cc2c(c(C)c1O)CC(C)(C)O2. The fraction of sp³-hybridized carbons (Fsp3) is 0.571. The number of aromatic hydroxyl groups is 1. The summed E-state index contributed by atoms with van der Waals surface area (Å²) in [5.41, 5.74) is 3.04. The van der Waals surface area contributed by atoms with E-state index in [4.69, 9.17) is 4.74 Å². The van der Waals surface area contributed by atoms with Gasteiger partial charge in [-0.25, -0.2) is 0 Å². The Morgan fingerprint density at radius 1 is 1.44 bits per heavy atom. The van der Waals surface area contributed by atoms with E-state index in [2.05, 4.69) is 20.8 Å². The molecule has 0 radical (unpaired) electrons. The zero-order chi connectivity index (χ0) is 11.9. The van der Waals surface area contributed by atoms with Gasteiger partial charge in [0, 0.05) is 12.0 Å². The van der Waals surface area contributed by atoms with Crippen LogP contribution >= 0.6 is 0 Å². The maximum atomic E-state index is 10.1. The summed E-state index contributed by atoms with van der Waals surface area (Å²) in [6.07, 6.45) is 2.83. The summed E-state index contributed by atoms with van der Waals surface area (Å²) in [6, 6.07) is 2.01. The first-order valence-electron chi connectivity index (χ1n) is 5.98. The summed E-state index contributed by atoms with van der Waals surface area (Å²) in [4.78, 5) is 0. The van der Waals surface area contributed by atoms with Crippen LogP contribution in [-0.4, -0.2) is 10.7 Å². The van der Waals surface area contributed by atoms with Crippen LogP contribution in [0, 0.1) is 6.92 Å². The highest BCUT2D eigenvalue weighted by Gasteiger charge is 2.32. The van der Waals surface area contributed by atoms with Crippen LogP contribution < -0.4 is 4.74 Å². The molecule has 88 valence electrons. The molecule has 0 atom stereocenters. The van der Waals surface area contributed by atoms with Crippen LogP contribution in [0.5, 0.6) is 11.5 Å². The van der Waals surface area contributed by atoms with Crippen LogP contribution in [0.25, 0.3) is 0 Å². The van der Waals surface area contributed by atoms with Crippen molar-refractivity contribution in [2.45, 2.75) is 52.6 Å². The second kappa shape index (κ2) is 3.69. The molecule has 0 fully saturated rings. The van der Waals surface area contributed by atoms with Crippen molar-refractivity contribution in [3.05, 3.63) is 22.8 Å². The lowest BCUT2D eigenvalue weighted by atomic mass is 9.94. The topological polar surface area (TPSA) is 29.5 Å². The van der Waals surface area contributed by atoms with Gasteiger partial charge in [0.15, 0.2) is 0 Å². The first-order valence-corrected chi connectivity index (χ1v) is 5.98. The Morgan fingerprint density at radius 3 is 2.75 bits per heavy atom. The largest absolute Gasteiger partial charge is 0.507 e. The van der Waals surface area contributed by atoms with E-state index in [0.29, 0.717) is 5.75 Å². The Bertz CT molecular complexity index is 419. The number of aryl methyl sites for hydroxylation is 1. The summed E-state index contributed by atoms with van der Waals surface area (Å²) < 4.78 is 5.91. The van der Waals surface area contributed by atoms with Crippen molar-refractivity contribution in [1.29, 1.82) is 0 Å². The average Bonchev–Trinajstić information content (AvgIpc) is 2.50. The van der Waals surface area contributed by atoms with Crippen LogP contribution in [0.1, 0.15) is 43.9 Å². The Labute approximate surface area is 97.3 Å². The molecule has 2 nitrogen and oxygen atoms in total. The number of phenolic OH excluding ortho intramolecular Hbond substituents is 1. The molecular weight excluding hydrogens is 200 g/mol. The molecule has 1 N–H and O–H groups in total. The second-order valence-electron chi connectivity index (χ2n) is 5.27. The lowest BCUT2D eigenvalue weighted by molar-refractivity contribution is 0.138. The summed E-state index contributed by atoms with van der Waals surface area (Å²) in [7, 11) is 0. The van der Waals surface area contributed by atoms with Gasteiger partial charge in [-0.15, -0.1) is 0 Å². The Balaban J connectivity index is 2.48. The van der Waals surface area contributed by atoms with Crippen molar-refractivity contribution in [2.24, 2.45) is 0 Å². The molecule has 0 saturated heterocycles. The minimum atomic E-state index is -0.135. The van der Waals surface area contributed by atoms with E-state index in [1.807, 2.05) is 13.0 Å². The van der Waals surface area contributed by atoms with Gasteiger partial charge in [-0.1, -0.05) is 13.3 Å². The van der Waals surface area contributed by atoms with Crippen molar-refractivity contribution < 1.29 is 9.84 Å². The van der Waals surface area contributed by atoms with Crippen molar-refractivity contribution in [1.82, 2.24) is 0 Å². The van der Waals surface area contributed by atoms with Crippen molar-refractivity contribution in [3.63, 3.8) is 0 Å². The number of phenols is 1. The van der Waals surface area contributed by atoms with Crippen LogP contribution in [0.2, 0.25) is 0 Å². The van der Waals surface area contributed by atoms with E-state index >= 15 is 0 Å². The third-order valence-corrected chi connectivity index (χ3v) is 3.22. The molecule has 16 heavy (non-hydrogen) atoms. The average molecular weight is 220 g/mol. The molecule has 1 heterocycles. The van der Waals surface area contributed by atoms with Gasteiger partial charge >= 0.3 is 0 Å². The number of benzene rings is 1. The van der Waals surface area contributed by atoms with E-state index < -0.39 is 0 Å². The highest BCUT2D eigenvalue weighted by molar-refractivity contribution is 5.55. The molecule has 1 aliphatic rings. The molecule has 0 saturated carbocycles. The van der Waals surface area contributed by atoms with E-state index in [1.165, 1.54) is 5.56 Å². The smallest absolute Gasteiger partial charge is 0.124 e. The first kappa shape index (κ1) is 11.3. The molecule has 0 spiro atoms. The highest BCUT2D eigenvalue weighted by atomic mass is 16.5. The number of ether oxygens (including phenoxy) is 1. The van der Waals surface area contributed by atoms with Gasteiger partial charge in [0.1, 0.15) is 17.1 Å². The number of hydrogen-bond acceptors (Lipinski definition) is 2. The van der Waals surface area contributed by atoms with E-state index in [9.17, 15) is 5.11 Å². The van der Waals surface area contributed by atoms with Gasteiger partial charge in [-0.2, -0.15) is 0 Å². The maximum absolute atomic E-state index is 10.1. The first-order chi connectivity index (χ1) is 7.44. The van der Waals surface area contributed by atoms with Gasteiger partial charge in [0.25, 0.3) is 0 Å². The monoisotopic (exact) mass is 220 g/mol. The van der Waals surface area contributed by atoms with Crippen LogP contribution in [0.15, 0.2) is 6.07 Å². The van der Waals surface area contributed by atoms with E-state index in [0.717, 1.165) is 36.1 Å². The molecule has 1 aromatic carbocycles. The van der Waals surface area contributed by atoms with E-state index in [1.54, 1.807) is 0 Å². The quantitative estimate of drug-likeness (QED) is 0.828. The number of fused-ring (bicyclic) bond motifs is 1. The maximum Gasteiger partial charge on any atom is 0.124 e. The van der Waals surface area contributed by atoms with E-state index in [-0.39, 0.29) is 5.60 Å². The summed E-state index contributed by atoms with van der Waals surface area (Å²) in [5, 5.41) is 10.1. The van der Waals surface area contributed by atoms with Crippen LogP contribution in [0.3, 0.4) is 0 Å². The molecule has 0 aromatic heterocycles. The van der Waals surface area contributed by atoms with Crippen LogP contribution in [0.4, 0.5) is 0 Å². The molecule has 0 aliphatic carbocycles. The molecule has 2 heteroatoms. The van der Waals surface area contributed by atoms with Gasteiger partial charge in [-0.05, 0) is 44.4 Å². The minimum Gasteiger partial charge on any atom is -0.507 e. The van der Waals surface area contributed by atoms with Crippen molar-refractivity contribution >= 4 is 0 Å². The Kier molecular flexibility index (Phi) is 2.61. The highest BCUT2D eigenvalue weighted by Crippen LogP contribution is 2.42. The molecular formula is C14H20O2. The second-order valence-corrected chi connectivity index (χ2v) is 5.27. The van der Waals surface area contributed by atoms with Gasteiger partial charge in [0.05, 0.1) is 0 Å². The molecule has 0 amide bonds. The summed E-state index contributed by atoms with van der Waals surface area (Å²) in [6.45, 7) is 8.27. The Hall–Kier alpha value is -1.18. The summed E-state index contributed by atoms with van der Waals surface area (Å²) >= 11 is 0. The van der Waals surface area contributed by atoms with Gasteiger partial charge in [0.2, 0.25) is 0 Å². The van der Waals surface area contributed by atoms with Crippen molar-refractivity contribution in [2.75, 3.05) is 0 Å². The standard InChI is InChI=1S/C14H20O2/c1-5-6-10-7-12-11(9(2)13(10)15)8-14(3,4)16-12/h7,15H,5-6,8H2,1-4H3. The molecule has 0 bridgehead atoms. The van der Waals surface area contributed by atoms with Crippen molar-refractivity contribution in [3.8, 4) is 11.5 Å². The Morgan fingerprint density at radius 2 is 2.12 bits per heavy atom. The zero-order valence-electron chi connectivity index (χ0n) is 10.6. The third kappa shape index (κ3) is 1.77.